The van der Waals surface area contributed by atoms with Crippen LogP contribution in [-0.2, 0) is 4.74 Å². The number of benzene rings is 1. The van der Waals surface area contributed by atoms with Crippen LogP contribution < -0.4 is 10.5 Å². The molecule has 5 heteroatoms. The van der Waals surface area contributed by atoms with Crippen molar-refractivity contribution in [2.24, 2.45) is 0 Å². The molecule has 0 aliphatic carbocycles. The fraction of sp³-hybridized carbons (Fsp3) is 0.562. The molecule has 0 spiro atoms. The normalized spacial score (nSPS) is 18.7. The van der Waals surface area contributed by atoms with Crippen molar-refractivity contribution in [2.75, 3.05) is 25.9 Å². The number of carbonyl (C=O) groups excluding carboxylic acids is 1. The summed E-state index contributed by atoms with van der Waals surface area (Å²) in [4.78, 5) is 13.9. The van der Waals surface area contributed by atoms with Crippen molar-refractivity contribution in [1.82, 2.24) is 4.90 Å². The van der Waals surface area contributed by atoms with E-state index in [0.29, 0.717) is 18.8 Å². The number of hydrogen-bond donors (Lipinski definition) is 1. The molecule has 5 nitrogen and oxygen atoms in total. The van der Waals surface area contributed by atoms with E-state index in [9.17, 15) is 4.79 Å². The van der Waals surface area contributed by atoms with Gasteiger partial charge in [0.2, 0.25) is 0 Å². The van der Waals surface area contributed by atoms with E-state index in [0.717, 1.165) is 17.7 Å². The Morgan fingerprint density at radius 2 is 2.10 bits per heavy atom. The Morgan fingerprint density at radius 1 is 1.38 bits per heavy atom. The van der Waals surface area contributed by atoms with Crippen molar-refractivity contribution in [3.63, 3.8) is 0 Å². The summed E-state index contributed by atoms with van der Waals surface area (Å²) in [5, 5.41) is 0. The molecule has 116 valence electrons. The molecule has 0 radical (unpaired) electrons. The van der Waals surface area contributed by atoms with Gasteiger partial charge < -0.3 is 20.1 Å². The van der Waals surface area contributed by atoms with Crippen LogP contribution in [0.15, 0.2) is 18.2 Å². The number of anilines is 1. The van der Waals surface area contributed by atoms with Crippen LogP contribution in [0.5, 0.6) is 5.75 Å². The van der Waals surface area contributed by atoms with E-state index < -0.39 is 5.60 Å². The number of amides is 1. The number of nitrogen functional groups attached to an aromatic ring is 1. The minimum atomic E-state index is -0.464. The highest BCUT2D eigenvalue weighted by atomic mass is 16.6. The van der Waals surface area contributed by atoms with E-state index in [2.05, 4.69) is 0 Å². The van der Waals surface area contributed by atoms with E-state index in [4.69, 9.17) is 15.2 Å². The maximum absolute atomic E-state index is 12.1. The van der Waals surface area contributed by atoms with Crippen LogP contribution in [-0.4, -0.2) is 36.8 Å². The smallest absolute Gasteiger partial charge is 0.410 e. The molecule has 1 atom stereocenters. The zero-order valence-corrected chi connectivity index (χ0v) is 13.2. The van der Waals surface area contributed by atoms with Crippen LogP contribution in [0.2, 0.25) is 0 Å². The summed E-state index contributed by atoms with van der Waals surface area (Å²) < 4.78 is 10.8. The standard InChI is InChI=1S/C16H24N2O3/c1-16(2,3)21-15(19)18-8-7-11(10-18)13-6-5-12(17)9-14(13)20-4/h5-6,9,11H,7-8,10,17H2,1-4H3. The quantitative estimate of drug-likeness (QED) is 0.851. The van der Waals surface area contributed by atoms with E-state index in [1.807, 2.05) is 39.0 Å². The topological polar surface area (TPSA) is 64.8 Å². The number of nitrogens with two attached hydrogens (primary N) is 1. The lowest BCUT2D eigenvalue weighted by Crippen LogP contribution is -2.35. The number of ether oxygens (including phenoxy) is 2. The summed E-state index contributed by atoms with van der Waals surface area (Å²) >= 11 is 0. The van der Waals surface area contributed by atoms with Crippen LogP contribution in [0.4, 0.5) is 10.5 Å². The highest BCUT2D eigenvalue weighted by molar-refractivity contribution is 5.68. The molecular weight excluding hydrogens is 268 g/mol. The van der Waals surface area contributed by atoms with Gasteiger partial charge in [0.05, 0.1) is 7.11 Å². The molecule has 1 saturated heterocycles. The molecule has 21 heavy (non-hydrogen) atoms. The first-order valence-corrected chi connectivity index (χ1v) is 7.21. The maximum Gasteiger partial charge on any atom is 0.410 e. The van der Waals surface area contributed by atoms with E-state index >= 15 is 0 Å². The molecule has 1 aromatic rings. The average Bonchev–Trinajstić information content (AvgIpc) is 2.86. The van der Waals surface area contributed by atoms with Gasteiger partial charge in [0.15, 0.2) is 0 Å². The second-order valence-corrected chi connectivity index (χ2v) is 6.41. The van der Waals surface area contributed by atoms with E-state index in [1.165, 1.54) is 0 Å². The van der Waals surface area contributed by atoms with Crippen molar-refractivity contribution < 1.29 is 14.3 Å². The Balaban J connectivity index is 2.07. The molecule has 1 unspecified atom stereocenters. The zero-order valence-electron chi connectivity index (χ0n) is 13.2. The van der Waals surface area contributed by atoms with Gasteiger partial charge in [-0.05, 0) is 38.8 Å². The lowest BCUT2D eigenvalue weighted by Gasteiger charge is -2.24. The molecule has 2 N–H and O–H groups in total. The SMILES string of the molecule is COc1cc(N)ccc1C1CCN(C(=O)OC(C)(C)C)C1. The van der Waals surface area contributed by atoms with Crippen molar-refractivity contribution in [1.29, 1.82) is 0 Å². The van der Waals surface area contributed by atoms with Gasteiger partial charge in [-0.25, -0.2) is 4.79 Å². The predicted molar refractivity (Wildman–Crippen MR) is 82.6 cm³/mol. The number of carbonyl (C=O) groups is 1. The molecular formula is C16H24N2O3. The van der Waals surface area contributed by atoms with Crippen molar-refractivity contribution in [2.45, 2.75) is 38.7 Å². The first-order chi connectivity index (χ1) is 9.80. The van der Waals surface area contributed by atoms with E-state index in [-0.39, 0.29) is 12.0 Å². The summed E-state index contributed by atoms with van der Waals surface area (Å²) in [6.07, 6.45) is 0.652. The summed E-state index contributed by atoms with van der Waals surface area (Å²) in [6.45, 7) is 6.98. The molecule has 0 aromatic heterocycles. The van der Waals surface area contributed by atoms with Gasteiger partial charge in [-0.2, -0.15) is 0 Å². The van der Waals surface area contributed by atoms with Crippen LogP contribution in [0, 0.1) is 0 Å². The Kier molecular flexibility index (Phi) is 4.30. The monoisotopic (exact) mass is 292 g/mol. The molecule has 1 fully saturated rings. The lowest BCUT2D eigenvalue weighted by molar-refractivity contribution is 0.0292. The largest absolute Gasteiger partial charge is 0.496 e. The van der Waals surface area contributed by atoms with Gasteiger partial charge in [0, 0.05) is 30.8 Å². The summed E-state index contributed by atoms with van der Waals surface area (Å²) in [5.41, 5.74) is 7.09. The summed E-state index contributed by atoms with van der Waals surface area (Å²) in [7, 11) is 1.64. The third kappa shape index (κ3) is 3.80. The minimum Gasteiger partial charge on any atom is -0.496 e. The Labute approximate surface area is 126 Å². The number of nitrogens with zero attached hydrogens (tertiary/aromatic N) is 1. The highest BCUT2D eigenvalue weighted by Crippen LogP contribution is 2.35. The van der Waals surface area contributed by atoms with Gasteiger partial charge in [0.25, 0.3) is 0 Å². The van der Waals surface area contributed by atoms with Crippen LogP contribution in [0.3, 0.4) is 0 Å². The lowest BCUT2D eigenvalue weighted by atomic mass is 9.97. The highest BCUT2D eigenvalue weighted by Gasteiger charge is 2.31. The van der Waals surface area contributed by atoms with Gasteiger partial charge in [-0.3, -0.25) is 0 Å². The molecule has 1 heterocycles. The minimum absolute atomic E-state index is 0.251. The molecule has 1 aromatic carbocycles. The van der Waals surface area contributed by atoms with E-state index in [1.54, 1.807) is 12.0 Å². The number of rotatable bonds is 2. The molecule has 1 aliphatic heterocycles. The number of methoxy groups -OCH3 is 1. The second kappa shape index (κ2) is 5.84. The number of hydrogen-bond acceptors (Lipinski definition) is 4. The Bertz CT molecular complexity index is 523. The van der Waals surface area contributed by atoms with Gasteiger partial charge in [-0.15, -0.1) is 0 Å². The molecule has 0 bridgehead atoms. The van der Waals surface area contributed by atoms with Crippen LogP contribution >= 0.6 is 0 Å². The average molecular weight is 292 g/mol. The van der Waals surface area contributed by atoms with Crippen LogP contribution in [0.1, 0.15) is 38.7 Å². The van der Waals surface area contributed by atoms with Crippen LogP contribution in [0.25, 0.3) is 0 Å². The summed E-state index contributed by atoms with van der Waals surface area (Å²) in [5.74, 6) is 1.04. The fourth-order valence-corrected chi connectivity index (χ4v) is 2.57. The molecule has 2 rings (SSSR count). The first-order valence-electron chi connectivity index (χ1n) is 7.21. The fourth-order valence-electron chi connectivity index (χ4n) is 2.57. The van der Waals surface area contributed by atoms with Crippen molar-refractivity contribution >= 4 is 11.8 Å². The van der Waals surface area contributed by atoms with Crippen molar-refractivity contribution in [3.05, 3.63) is 23.8 Å². The van der Waals surface area contributed by atoms with Crippen molar-refractivity contribution in [3.8, 4) is 5.75 Å². The maximum atomic E-state index is 12.1. The second-order valence-electron chi connectivity index (χ2n) is 6.41. The van der Waals surface area contributed by atoms with Gasteiger partial charge >= 0.3 is 6.09 Å². The van der Waals surface area contributed by atoms with Gasteiger partial charge in [0.1, 0.15) is 11.4 Å². The molecule has 1 amide bonds. The third-order valence-corrected chi connectivity index (χ3v) is 3.54. The predicted octanol–water partition coefficient (Wildman–Crippen LogP) is 3.00. The molecule has 1 aliphatic rings. The Hall–Kier alpha value is -1.91. The van der Waals surface area contributed by atoms with Gasteiger partial charge in [-0.1, -0.05) is 6.07 Å². The summed E-state index contributed by atoms with van der Waals surface area (Å²) in [6, 6.07) is 5.68. The molecule has 0 saturated carbocycles. The number of likely N-dealkylation sites (tertiary alicyclic amines) is 1. The zero-order chi connectivity index (χ0) is 15.6. The third-order valence-electron chi connectivity index (χ3n) is 3.54. The first kappa shape index (κ1) is 15.5. The Morgan fingerprint density at radius 3 is 2.71 bits per heavy atom.